The third kappa shape index (κ3) is 3.48. The molecule has 8 heteroatoms. The van der Waals surface area contributed by atoms with Crippen molar-refractivity contribution in [3.05, 3.63) is 65.9 Å². The van der Waals surface area contributed by atoms with Crippen LogP contribution in [0.15, 0.2) is 53.2 Å². The third-order valence-electron chi connectivity index (χ3n) is 4.53. The molecule has 144 valence electrons. The molecule has 1 atom stereocenters. The number of nitrogens with one attached hydrogen (secondary N) is 1. The zero-order valence-electron chi connectivity index (χ0n) is 15.6. The van der Waals surface area contributed by atoms with Gasteiger partial charge in [0.15, 0.2) is 5.76 Å². The molecule has 1 aliphatic rings. The van der Waals surface area contributed by atoms with E-state index in [0.29, 0.717) is 23.7 Å². The summed E-state index contributed by atoms with van der Waals surface area (Å²) in [6.07, 6.45) is 3.64. The molecule has 1 N–H and O–H groups in total. The van der Waals surface area contributed by atoms with Crippen molar-refractivity contribution in [3.63, 3.8) is 0 Å². The first kappa shape index (κ1) is 17.8. The van der Waals surface area contributed by atoms with Gasteiger partial charge in [-0.3, -0.25) is 14.3 Å². The second-order valence-electron chi connectivity index (χ2n) is 6.68. The Morgan fingerprint density at radius 2 is 2.11 bits per heavy atom. The second kappa shape index (κ2) is 7.22. The molecule has 0 radical (unpaired) electrons. The predicted molar refractivity (Wildman–Crippen MR) is 101 cm³/mol. The number of anilines is 1. The lowest BCUT2D eigenvalue weighted by molar-refractivity contribution is -0.120. The van der Waals surface area contributed by atoms with E-state index in [4.69, 9.17) is 9.15 Å². The van der Waals surface area contributed by atoms with Crippen molar-refractivity contribution in [1.82, 2.24) is 15.1 Å². The van der Waals surface area contributed by atoms with Gasteiger partial charge in [0, 0.05) is 13.2 Å². The van der Waals surface area contributed by atoms with Crippen LogP contribution < -0.4 is 15.0 Å². The topological polar surface area (TPSA) is 89.6 Å². The van der Waals surface area contributed by atoms with Gasteiger partial charge in [0.25, 0.3) is 11.8 Å². The van der Waals surface area contributed by atoms with E-state index in [1.807, 2.05) is 25.3 Å². The molecule has 3 aromatic rings. The van der Waals surface area contributed by atoms with Gasteiger partial charge in [0.2, 0.25) is 0 Å². The lowest BCUT2D eigenvalue weighted by atomic mass is 10.2. The van der Waals surface area contributed by atoms with E-state index in [1.165, 1.54) is 4.90 Å². The highest BCUT2D eigenvalue weighted by atomic mass is 16.5. The zero-order chi connectivity index (χ0) is 19.7. The molecule has 2 aromatic heterocycles. The maximum absolute atomic E-state index is 12.7. The number of amides is 2. The van der Waals surface area contributed by atoms with Crippen LogP contribution in [0.5, 0.6) is 5.75 Å². The molecule has 0 bridgehead atoms. The van der Waals surface area contributed by atoms with Gasteiger partial charge in [0.1, 0.15) is 24.2 Å². The van der Waals surface area contributed by atoms with Crippen molar-refractivity contribution in [2.24, 2.45) is 0 Å². The van der Waals surface area contributed by atoms with Gasteiger partial charge in [-0.2, -0.15) is 5.10 Å². The maximum Gasteiger partial charge on any atom is 0.287 e. The normalized spacial score (nSPS) is 16.3. The van der Waals surface area contributed by atoms with Crippen molar-refractivity contribution in [2.75, 3.05) is 18.6 Å². The molecule has 0 saturated heterocycles. The average molecular weight is 380 g/mol. The molecule has 2 amide bonds. The molecule has 1 aromatic carbocycles. The predicted octanol–water partition coefficient (Wildman–Crippen LogP) is 1.99. The molecular weight excluding hydrogens is 360 g/mol. The van der Waals surface area contributed by atoms with Crippen LogP contribution in [0.25, 0.3) is 0 Å². The Bertz CT molecular complexity index is 1020. The number of likely N-dealkylation sites (N-methyl/N-ethyl adjacent to an activating group) is 1. The van der Waals surface area contributed by atoms with Gasteiger partial charge in [-0.15, -0.1) is 0 Å². The van der Waals surface area contributed by atoms with Gasteiger partial charge in [-0.1, -0.05) is 12.1 Å². The fourth-order valence-electron chi connectivity index (χ4n) is 3.08. The Balaban J connectivity index is 1.44. The fourth-order valence-corrected chi connectivity index (χ4v) is 3.08. The number of carbonyl (C=O) groups is 2. The van der Waals surface area contributed by atoms with Crippen molar-refractivity contribution >= 4 is 17.5 Å². The summed E-state index contributed by atoms with van der Waals surface area (Å²) in [4.78, 5) is 26.8. The highest BCUT2D eigenvalue weighted by molar-refractivity contribution is 6.02. The van der Waals surface area contributed by atoms with Gasteiger partial charge in [-0.05, 0) is 36.8 Å². The number of aryl methyl sites for hydroxylation is 1. The van der Waals surface area contributed by atoms with Crippen molar-refractivity contribution in [3.8, 4) is 5.75 Å². The van der Waals surface area contributed by atoms with Crippen LogP contribution in [0.3, 0.4) is 0 Å². The van der Waals surface area contributed by atoms with E-state index in [9.17, 15) is 9.59 Å². The van der Waals surface area contributed by atoms with Gasteiger partial charge in [-0.25, -0.2) is 0 Å². The smallest absolute Gasteiger partial charge is 0.287 e. The molecule has 8 nitrogen and oxygen atoms in total. The molecule has 1 aliphatic heterocycles. The Morgan fingerprint density at radius 1 is 1.29 bits per heavy atom. The summed E-state index contributed by atoms with van der Waals surface area (Å²) in [5.74, 6) is 0.614. The SMILES string of the molecule is Cc1cnn(Cc2ccc(C(=O)NC3COc4ccccc4N(C)C3=O)o2)c1. The van der Waals surface area contributed by atoms with Crippen LogP contribution in [0.1, 0.15) is 21.9 Å². The summed E-state index contributed by atoms with van der Waals surface area (Å²) in [5.41, 5.74) is 1.71. The number of rotatable bonds is 4. The Hall–Kier alpha value is -3.55. The lowest BCUT2D eigenvalue weighted by Gasteiger charge is -2.19. The Morgan fingerprint density at radius 3 is 2.89 bits per heavy atom. The van der Waals surface area contributed by atoms with Gasteiger partial charge < -0.3 is 19.4 Å². The minimum atomic E-state index is -0.813. The highest BCUT2D eigenvalue weighted by Crippen LogP contribution is 2.29. The number of carbonyl (C=O) groups excluding carboxylic acids is 2. The number of para-hydroxylation sites is 2. The Kier molecular flexibility index (Phi) is 4.60. The number of furan rings is 1. The fraction of sp³-hybridized carbons (Fsp3) is 0.250. The molecule has 1 unspecified atom stereocenters. The van der Waals surface area contributed by atoms with E-state index in [-0.39, 0.29) is 18.3 Å². The average Bonchev–Trinajstić information content (AvgIpc) is 3.30. The largest absolute Gasteiger partial charge is 0.489 e. The van der Waals surface area contributed by atoms with Crippen molar-refractivity contribution < 1.29 is 18.7 Å². The molecule has 0 fully saturated rings. The molecule has 4 rings (SSSR count). The van der Waals surface area contributed by atoms with E-state index < -0.39 is 11.9 Å². The van der Waals surface area contributed by atoms with Gasteiger partial charge in [0.05, 0.1) is 18.4 Å². The molecule has 3 heterocycles. The van der Waals surface area contributed by atoms with Crippen LogP contribution >= 0.6 is 0 Å². The standard InChI is InChI=1S/C20H20N4O4/c1-13-9-21-24(10-13)11-14-7-8-18(28-14)19(25)22-15-12-27-17-6-4-3-5-16(17)23(2)20(15)26/h3-10,15H,11-12H2,1-2H3,(H,22,25). The van der Waals surface area contributed by atoms with E-state index in [2.05, 4.69) is 10.4 Å². The zero-order valence-corrected chi connectivity index (χ0v) is 15.6. The van der Waals surface area contributed by atoms with Crippen LogP contribution in [0, 0.1) is 6.92 Å². The van der Waals surface area contributed by atoms with Crippen molar-refractivity contribution in [2.45, 2.75) is 19.5 Å². The maximum atomic E-state index is 12.7. The number of hydrogen-bond donors (Lipinski definition) is 1. The van der Waals surface area contributed by atoms with Gasteiger partial charge >= 0.3 is 0 Å². The quantitative estimate of drug-likeness (QED) is 0.748. The summed E-state index contributed by atoms with van der Waals surface area (Å²) < 4.78 is 13.0. The number of aromatic nitrogens is 2. The molecule has 0 saturated carbocycles. The molecule has 28 heavy (non-hydrogen) atoms. The summed E-state index contributed by atoms with van der Waals surface area (Å²) in [6, 6.07) is 9.75. The number of nitrogens with zero attached hydrogens (tertiary/aromatic N) is 3. The summed E-state index contributed by atoms with van der Waals surface area (Å²) in [7, 11) is 1.66. The first-order chi connectivity index (χ1) is 13.5. The number of ether oxygens (including phenoxy) is 1. The minimum absolute atomic E-state index is 0.0477. The molecular formula is C20H20N4O4. The lowest BCUT2D eigenvalue weighted by Crippen LogP contribution is -2.49. The first-order valence-corrected chi connectivity index (χ1v) is 8.89. The molecule has 0 spiro atoms. The Labute approximate surface area is 161 Å². The monoisotopic (exact) mass is 380 g/mol. The number of benzene rings is 1. The third-order valence-corrected chi connectivity index (χ3v) is 4.53. The van der Waals surface area contributed by atoms with E-state index in [0.717, 1.165) is 5.56 Å². The van der Waals surface area contributed by atoms with Crippen LogP contribution in [0.2, 0.25) is 0 Å². The summed E-state index contributed by atoms with van der Waals surface area (Å²) in [6.45, 7) is 2.42. The van der Waals surface area contributed by atoms with Crippen LogP contribution in [0.4, 0.5) is 5.69 Å². The van der Waals surface area contributed by atoms with Crippen LogP contribution in [-0.4, -0.2) is 41.3 Å². The van der Waals surface area contributed by atoms with Crippen molar-refractivity contribution in [1.29, 1.82) is 0 Å². The minimum Gasteiger partial charge on any atom is -0.489 e. The first-order valence-electron chi connectivity index (χ1n) is 8.89. The molecule has 0 aliphatic carbocycles. The van der Waals surface area contributed by atoms with E-state index >= 15 is 0 Å². The second-order valence-corrected chi connectivity index (χ2v) is 6.68. The van der Waals surface area contributed by atoms with Crippen LogP contribution in [-0.2, 0) is 11.3 Å². The van der Waals surface area contributed by atoms with E-state index in [1.54, 1.807) is 42.2 Å². The number of hydrogen-bond acceptors (Lipinski definition) is 5. The number of fused-ring (bicyclic) bond motifs is 1. The highest BCUT2D eigenvalue weighted by Gasteiger charge is 2.31. The summed E-state index contributed by atoms with van der Waals surface area (Å²) in [5, 5.41) is 6.90. The summed E-state index contributed by atoms with van der Waals surface area (Å²) >= 11 is 0.